The van der Waals surface area contributed by atoms with Crippen LogP contribution in [0.1, 0.15) is 25.5 Å². The Morgan fingerprint density at radius 2 is 1.90 bits per heavy atom. The first kappa shape index (κ1) is 14.3. The molecule has 21 heavy (non-hydrogen) atoms. The number of halogens is 3. The van der Waals surface area contributed by atoms with Crippen LogP contribution in [0.15, 0.2) is 40.9 Å². The number of para-hydroxylation sites is 1. The third-order valence-electron chi connectivity index (χ3n) is 3.59. The molecule has 0 aliphatic carbocycles. The molecule has 1 N–H and O–H groups in total. The van der Waals surface area contributed by atoms with E-state index in [2.05, 4.69) is 21.2 Å². The Hall–Kier alpha value is -1.62. The summed E-state index contributed by atoms with van der Waals surface area (Å²) >= 11 is 3.20. The summed E-state index contributed by atoms with van der Waals surface area (Å²) in [5.74, 6) is -0.479. The molecule has 3 rings (SSSR count). The van der Waals surface area contributed by atoms with E-state index in [1.807, 2.05) is 38.1 Å². The van der Waals surface area contributed by atoms with Gasteiger partial charge in [-0.25, -0.2) is 8.78 Å². The van der Waals surface area contributed by atoms with Crippen molar-refractivity contribution in [3.05, 3.63) is 58.1 Å². The first-order valence-electron chi connectivity index (χ1n) is 6.57. The molecule has 0 saturated carbocycles. The smallest absolute Gasteiger partial charge is 0.150 e. The molecule has 2 aromatic rings. The van der Waals surface area contributed by atoms with E-state index < -0.39 is 17.2 Å². The van der Waals surface area contributed by atoms with Gasteiger partial charge in [0.25, 0.3) is 0 Å². The summed E-state index contributed by atoms with van der Waals surface area (Å²) in [5.41, 5.74) is 0.650. The van der Waals surface area contributed by atoms with Gasteiger partial charge in [-0.1, -0.05) is 18.2 Å². The minimum absolute atomic E-state index is 0.231. The van der Waals surface area contributed by atoms with Crippen molar-refractivity contribution in [1.82, 2.24) is 0 Å². The third kappa shape index (κ3) is 2.50. The van der Waals surface area contributed by atoms with Gasteiger partial charge in [-0.2, -0.15) is 0 Å². The van der Waals surface area contributed by atoms with Crippen LogP contribution in [0.5, 0.6) is 5.75 Å². The van der Waals surface area contributed by atoms with Gasteiger partial charge in [0.1, 0.15) is 23.0 Å². The van der Waals surface area contributed by atoms with Gasteiger partial charge in [-0.15, -0.1) is 0 Å². The molecule has 0 bridgehead atoms. The van der Waals surface area contributed by atoms with Crippen LogP contribution in [0.25, 0.3) is 0 Å². The quantitative estimate of drug-likeness (QED) is 0.815. The molecule has 5 heteroatoms. The largest absolute Gasteiger partial charge is 0.485 e. The van der Waals surface area contributed by atoms with Gasteiger partial charge in [0.2, 0.25) is 0 Å². The van der Waals surface area contributed by atoms with E-state index >= 15 is 0 Å². The number of benzene rings is 2. The van der Waals surface area contributed by atoms with Crippen molar-refractivity contribution in [2.24, 2.45) is 0 Å². The van der Waals surface area contributed by atoms with Gasteiger partial charge in [-0.05, 0) is 41.9 Å². The van der Waals surface area contributed by atoms with Crippen LogP contribution in [0, 0.1) is 11.6 Å². The summed E-state index contributed by atoms with van der Waals surface area (Å²) in [6.07, 6.45) is 0. The summed E-state index contributed by atoms with van der Waals surface area (Å²) in [5, 5.41) is 3.14. The normalized spacial score (nSPS) is 19.0. The fraction of sp³-hybridized carbons (Fsp3) is 0.250. The molecule has 1 aliphatic rings. The molecule has 0 spiro atoms. The monoisotopic (exact) mass is 353 g/mol. The molecule has 0 amide bonds. The lowest BCUT2D eigenvalue weighted by atomic mass is 9.94. The second-order valence-corrected chi connectivity index (χ2v) is 6.42. The van der Waals surface area contributed by atoms with Gasteiger partial charge in [0, 0.05) is 16.1 Å². The number of ether oxygens (including phenoxy) is 1. The zero-order valence-electron chi connectivity index (χ0n) is 11.6. The third-order valence-corrected chi connectivity index (χ3v) is 4.22. The molecule has 0 saturated heterocycles. The number of anilines is 1. The molecular formula is C16H14BrF2NO. The van der Waals surface area contributed by atoms with Crippen molar-refractivity contribution in [1.29, 1.82) is 0 Å². The van der Waals surface area contributed by atoms with Crippen LogP contribution in [-0.2, 0) is 0 Å². The molecule has 110 valence electrons. The van der Waals surface area contributed by atoms with Crippen LogP contribution in [0.3, 0.4) is 0 Å². The Labute approximate surface area is 130 Å². The average molecular weight is 354 g/mol. The highest BCUT2D eigenvalue weighted by Gasteiger charge is 2.41. The fourth-order valence-corrected chi connectivity index (χ4v) is 3.13. The van der Waals surface area contributed by atoms with Crippen molar-refractivity contribution >= 4 is 21.6 Å². The first-order valence-corrected chi connectivity index (χ1v) is 7.37. The molecule has 2 nitrogen and oxygen atoms in total. The molecular weight excluding hydrogens is 340 g/mol. The van der Waals surface area contributed by atoms with Crippen molar-refractivity contribution in [3.8, 4) is 5.75 Å². The lowest BCUT2D eigenvalue weighted by Crippen LogP contribution is -2.35. The predicted octanol–water partition coefficient (Wildman–Crippen LogP) is 5.05. The lowest BCUT2D eigenvalue weighted by Gasteiger charge is -2.28. The average Bonchev–Trinajstić information content (AvgIpc) is 2.63. The van der Waals surface area contributed by atoms with E-state index in [1.54, 1.807) is 0 Å². The van der Waals surface area contributed by atoms with Crippen LogP contribution in [-0.4, -0.2) is 5.60 Å². The van der Waals surface area contributed by atoms with Crippen molar-refractivity contribution < 1.29 is 13.5 Å². The highest BCUT2D eigenvalue weighted by atomic mass is 79.9. The molecule has 1 heterocycles. The van der Waals surface area contributed by atoms with Gasteiger partial charge in [-0.3, -0.25) is 0 Å². The van der Waals surface area contributed by atoms with Crippen LogP contribution < -0.4 is 10.1 Å². The molecule has 0 fully saturated rings. The number of nitrogens with one attached hydrogen (secondary N) is 1. The molecule has 1 unspecified atom stereocenters. The summed E-state index contributed by atoms with van der Waals surface area (Å²) in [6, 6.07) is 9.50. The maximum Gasteiger partial charge on any atom is 0.150 e. The van der Waals surface area contributed by atoms with E-state index in [0.29, 0.717) is 4.47 Å². The predicted molar refractivity (Wildman–Crippen MR) is 81.6 cm³/mol. The van der Waals surface area contributed by atoms with Crippen molar-refractivity contribution in [3.63, 3.8) is 0 Å². The van der Waals surface area contributed by atoms with E-state index in [9.17, 15) is 8.78 Å². The first-order chi connectivity index (χ1) is 9.88. The molecule has 1 atom stereocenters. The highest BCUT2D eigenvalue weighted by molar-refractivity contribution is 9.10. The maximum absolute atomic E-state index is 14.0. The van der Waals surface area contributed by atoms with Gasteiger partial charge in [0.15, 0.2) is 0 Å². The Morgan fingerprint density at radius 1 is 1.19 bits per heavy atom. The van der Waals surface area contributed by atoms with Gasteiger partial charge >= 0.3 is 0 Å². The van der Waals surface area contributed by atoms with Gasteiger partial charge < -0.3 is 10.1 Å². The van der Waals surface area contributed by atoms with E-state index in [1.165, 1.54) is 6.07 Å². The summed E-state index contributed by atoms with van der Waals surface area (Å²) in [4.78, 5) is 0. The number of rotatable bonds is 2. The zero-order chi connectivity index (χ0) is 15.2. The molecule has 2 aromatic carbocycles. The Kier molecular flexibility index (Phi) is 3.40. The van der Waals surface area contributed by atoms with Crippen LogP contribution in [0.2, 0.25) is 0 Å². The van der Waals surface area contributed by atoms with Gasteiger partial charge in [0.05, 0.1) is 11.7 Å². The molecule has 0 aromatic heterocycles. The lowest BCUT2D eigenvalue weighted by molar-refractivity contribution is 0.118. The highest BCUT2D eigenvalue weighted by Crippen LogP contribution is 2.45. The van der Waals surface area contributed by atoms with Crippen molar-refractivity contribution in [2.75, 3.05) is 5.32 Å². The summed E-state index contributed by atoms with van der Waals surface area (Å²) in [6.45, 7) is 3.86. The van der Waals surface area contributed by atoms with Crippen LogP contribution >= 0.6 is 15.9 Å². The second kappa shape index (κ2) is 4.98. The second-order valence-electron chi connectivity index (χ2n) is 5.57. The van der Waals surface area contributed by atoms with Crippen molar-refractivity contribution in [2.45, 2.75) is 25.5 Å². The zero-order valence-corrected chi connectivity index (χ0v) is 13.2. The molecule has 1 aliphatic heterocycles. The fourth-order valence-electron chi connectivity index (χ4n) is 2.60. The minimum Gasteiger partial charge on any atom is -0.485 e. The summed E-state index contributed by atoms with van der Waals surface area (Å²) < 4.78 is 33.5. The van der Waals surface area contributed by atoms with E-state index in [0.717, 1.165) is 17.4 Å². The van der Waals surface area contributed by atoms with Crippen LogP contribution in [0.4, 0.5) is 14.5 Å². The number of hydrogen-bond acceptors (Lipinski definition) is 2. The summed E-state index contributed by atoms with van der Waals surface area (Å²) in [7, 11) is 0. The Balaban J connectivity index is 2.02. The van der Waals surface area contributed by atoms with E-state index in [4.69, 9.17) is 4.74 Å². The Bertz CT molecular complexity index is 679. The standard InChI is InChI=1S/C16H14BrF2NO/c1-16(2)15(10-5-3-4-6-13(10)21-16)20-14-11(17)7-9(18)8-12(14)19/h3-8,15,20H,1-2H3. The topological polar surface area (TPSA) is 21.3 Å². The SMILES string of the molecule is CC1(C)Oc2ccccc2C1Nc1c(F)cc(F)cc1Br. The maximum atomic E-state index is 14.0. The Morgan fingerprint density at radius 3 is 2.62 bits per heavy atom. The number of hydrogen-bond donors (Lipinski definition) is 1. The number of fused-ring (bicyclic) bond motifs is 1. The minimum atomic E-state index is -0.637. The van der Waals surface area contributed by atoms with E-state index in [-0.39, 0.29) is 11.7 Å². The molecule has 0 radical (unpaired) electrons.